The lowest BCUT2D eigenvalue weighted by Crippen LogP contribution is -2.59. The SMILES string of the molecule is CC(C)=CCN1C(=O)CNC(=O)C1Cc1ccccc1. The Labute approximate surface area is 119 Å². The van der Waals surface area contributed by atoms with Crippen molar-refractivity contribution in [3.05, 3.63) is 47.5 Å². The summed E-state index contributed by atoms with van der Waals surface area (Å²) in [6, 6.07) is 9.36. The summed E-state index contributed by atoms with van der Waals surface area (Å²) in [6.07, 6.45) is 2.53. The van der Waals surface area contributed by atoms with Crippen molar-refractivity contribution in [3.8, 4) is 0 Å². The average molecular weight is 272 g/mol. The van der Waals surface area contributed by atoms with Gasteiger partial charge in [0.2, 0.25) is 11.8 Å². The fourth-order valence-electron chi connectivity index (χ4n) is 2.25. The van der Waals surface area contributed by atoms with Crippen molar-refractivity contribution in [2.75, 3.05) is 13.1 Å². The Morgan fingerprint density at radius 1 is 1.30 bits per heavy atom. The van der Waals surface area contributed by atoms with E-state index >= 15 is 0 Å². The molecule has 0 bridgehead atoms. The summed E-state index contributed by atoms with van der Waals surface area (Å²) in [4.78, 5) is 25.8. The maximum Gasteiger partial charge on any atom is 0.243 e. The third-order valence-electron chi connectivity index (χ3n) is 3.38. The quantitative estimate of drug-likeness (QED) is 0.845. The monoisotopic (exact) mass is 272 g/mol. The first-order valence-corrected chi connectivity index (χ1v) is 6.82. The number of allylic oxidation sites excluding steroid dienone is 1. The molecule has 0 saturated carbocycles. The Hall–Kier alpha value is -2.10. The van der Waals surface area contributed by atoms with Crippen LogP contribution in [0.3, 0.4) is 0 Å². The molecule has 106 valence electrons. The average Bonchev–Trinajstić information content (AvgIpc) is 2.43. The largest absolute Gasteiger partial charge is 0.345 e. The fourth-order valence-corrected chi connectivity index (χ4v) is 2.25. The van der Waals surface area contributed by atoms with Gasteiger partial charge in [0.1, 0.15) is 6.04 Å². The Bertz CT molecular complexity index is 519. The van der Waals surface area contributed by atoms with Crippen LogP contribution in [0, 0.1) is 0 Å². The number of carbonyl (C=O) groups excluding carboxylic acids is 2. The molecule has 1 aromatic carbocycles. The second kappa shape index (κ2) is 6.37. The molecule has 4 nitrogen and oxygen atoms in total. The number of hydrogen-bond donors (Lipinski definition) is 1. The van der Waals surface area contributed by atoms with Gasteiger partial charge in [-0.05, 0) is 19.4 Å². The van der Waals surface area contributed by atoms with Crippen LogP contribution in [0.1, 0.15) is 19.4 Å². The predicted molar refractivity (Wildman–Crippen MR) is 78.1 cm³/mol. The first kappa shape index (κ1) is 14.3. The van der Waals surface area contributed by atoms with Gasteiger partial charge in [-0.3, -0.25) is 9.59 Å². The molecule has 1 aromatic rings. The van der Waals surface area contributed by atoms with Crippen molar-refractivity contribution in [3.63, 3.8) is 0 Å². The number of rotatable bonds is 4. The molecule has 1 N–H and O–H groups in total. The Kier molecular flexibility index (Phi) is 4.56. The molecule has 1 fully saturated rings. The lowest BCUT2D eigenvalue weighted by Gasteiger charge is -2.34. The zero-order valence-electron chi connectivity index (χ0n) is 11.9. The van der Waals surface area contributed by atoms with Gasteiger partial charge in [-0.2, -0.15) is 0 Å². The van der Waals surface area contributed by atoms with Gasteiger partial charge in [-0.25, -0.2) is 0 Å². The number of benzene rings is 1. The number of carbonyl (C=O) groups is 2. The van der Waals surface area contributed by atoms with Gasteiger partial charge < -0.3 is 10.2 Å². The third-order valence-corrected chi connectivity index (χ3v) is 3.38. The maximum atomic E-state index is 12.1. The third kappa shape index (κ3) is 3.47. The molecule has 1 aliphatic heterocycles. The molecule has 0 radical (unpaired) electrons. The van der Waals surface area contributed by atoms with E-state index in [1.165, 1.54) is 0 Å². The van der Waals surface area contributed by atoms with Crippen molar-refractivity contribution < 1.29 is 9.59 Å². The topological polar surface area (TPSA) is 49.4 Å². The van der Waals surface area contributed by atoms with E-state index in [0.29, 0.717) is 13.0 Å². The molecule has 20 heavy (non-hydrogen) atoms. The van der Waals surface area contributed by atoms with E-state index in [1.54, 1.807) is 4.90 Å². The molecule has 1 saturated heterocycles. The van der Waals surface area contributed by atoms with Gasteiger partial charge in [0.15, 0.2) is 0 Å². The minimum atomic E-state index is -0.422. The van der Waals surface area contributed by atoms with Crippen LogP contribution >= 0.6 is 0 Å². The molecular weight excluding hydrogens is 252 g/mol. The first-order valence-electron chi connectivity index (χ1n) is 6.82. The summed E-state index contributed by atoms with van der Waals surface area (Å²) in [7, 11) is 0. The van der Waals surface area contributed by atoms with Crippen LogP contribution in [-0.2, 0) is 16.0 Å². The van der Waals surface area contributed by atoms with Crippen molar-refractivity contribution in [2.45, 2.75) is 26.3 Å². The van der Waals surface area contributed by atoms with Gasteiger partial charge in [0.05, 0.1) is 6.54 Å². The van der Waals surface area contributed by atoms with Gasteiger partial charge in [-0.15, -0.1) is 0 Å². The molecule has 2 rings (SSSR count). The number of hydrogen-bond acceptors (Lipinski definition) is 2. The maximum absolute atomic E-state index is 12.1. The first-order chi connectivity index (χ1) is 9.58. The van der Waals surface area contributed by atoms with Gasteiger partial charge in [0.25, 0.3) is 0 Å². The van der Waals surface area contributed by atoms with E-state index < -0.39 is 6.04 Å². The fraction of sp³-hybridized carbons (Fsp3) is 0.375. The Balaban J connectivity index is 2.17. The Morgan fingerprint density at radius 2 is 2.00 bits per heavy atom. The summed E-state index contributed by atoms with van der Waals surface area (Å²) >= 11 is 0. The van der Waals surface area contributed by atoms with Gasteiger partial charge in [-0.1, -0.05) is 42.0 Å². The number of amides is 2. The molecule has 0 spiro atoms. The lowest BCUT2D eigenvalue weighted by molar-refractivity contribution is -0.144. The molecule has 1 aliphatic rings. The molecular formula is C16H20N2O2. The van der Waals surface area contributed by atoms with Gasteiger partial charge in [0, 0.05) is 13.0 Å². The smallest absolute Gasteiger partial charge is 0.243 e. The summed E-state index contributed by atoms with van der Waals surface area (Å²) in [5, 5.41) is 2.67. The van der Waals surface area contributed by atoms with E-state index in [0.717, 1.165) is 11.1 Å². The van der Waals surface area contributed by atoms with Crippen LogP contribution in [0.4, 0.5) is 0 Å². The number of nitrogens with one attached hydrogen (secondary N) is 1. The second-order valence-corrected chi connectivity index (χ2v) is 5.25. The molecule has 0 aromatic heterocycles. The molecule has 1 unspecified atom stereocenters. The van der Waals surface area contributed by atoms with Crippen molar-refractivity contribution in [2.24, 2.45) is 0 Å². The van der Waals surface area contributed by atoms with Crippen LogP contribution in [0.5, 0.6) is 0 Å². The van der Waals surface area contributed by atoms with Crippen LogP contribution in [-0.4, -0.2) is 35.8 Å². The highest BCUT2D eigenvalue weighted by molar-refractivity contribution is 5.95. The van der Waals surface area contributed by atoms with Crippen LogP contribution < -0.4 is 5.32 Å². The van der Waals surface area contributed by atoms with E-state index in [4.69, 9.17) is 0 Å². The minimum absolute atomic E-state index is 0.0250. The second-order valence-electron chi connectivity index (χ2n) is 5.25. The molecule has 0 aliphatic carbocycles. The van der Waals surface area contributed by atoms with Crippen LogP contribution in [0.25, 0.3) is 0 Å². The van der Waals surface area contributed by atoms with Crippen LogP contribution in [0.2, 0.25) is 0 Å². The zero-order chi connectivity index (χ0) is 14.5. The standard InChI is InChI=1S/C16H20N2O2/c1-12(2)8-9-18-14(16(20)17-11-15(18)19)10-13-6-4-3-5-7-13/h3-8,14H,9-11H2,1-2H3,(H,17,20). The summed E-state index contributed by atoms with van der Waals surface area (Å²) in [5.41, 5.74) is 2.20. The molecule has 4 heteroatoms. The summed E-state index contributed by atoms with van der Waals surface area (Å²) in [5.74, 6) is -0.0985. The highest BCUT2D eigenvalue weighted by Crippen LogP contribution is 2.13. The van der Waals surface area contributed by atoms with Gasteiger partial charge >= 0.3 is 0 Å². The normalized spacial score (nSPS) is 18.7. The molecule has 1 heterocycles. The summed E-state index contributed by atoms with van der Waals surface area (Å²) < 4.78 is 0. The predicted octanol–water partition coefficient (Wildman–Crippen LogP) is 1.52. The van der Waals surface area contributed by atoms with Crippen molar-refractivity contribution >= 4 is 11.8 Å². The van der Waals surface area contributed by atoms with E-state index in [2.05, 4.69) is 5.32 Å². The highest BCUT2D eigenvalue weighted by Gasteiger charge is 2.33. The van der Waals surface area contributed by atoms with Crippen molar-refractivity contribution in [1.82, 2.24) is 10.2 Å². The Morgan fingerprint density at radius 3 is 2.65 bits per heavy atom. The van der Waals surface area contributed by atoms with Crippen molar-refractivity contribution in [1.29, 1.82) is 0 Å². The number of nitrogens with zero attached hydrogens (tertiary/aromatic N) is 1. The zero-order valence-corrected chi connectivity index (χ0v) is 11.9. The van der Waals surface area contributed by atoms with Crippen LogP contribution in [0.15, 0.2) is 42.0 Å². The highest BCUT2D eigenvalue weighted by atomic mass is 16.2. The van der Waals surface area contributed by atoms with E-state index in [-0.39, 0.29) is 18.4 Å². The molecule has 2 amide bonds. The number of piperazine rings is 1. The van der Waals surface area contributed by atoms with E-state index in [1.807, 2.05) is 50.3 Å². The minimum Gasteiger partial charge on any atom is -0.345 e. The molecule has 1 atom stereocenters. The van der Waals surface area contributed by atoms with E-state index in [9.17, 15) is 9.59 Å². The summed E-state index contributed by atoms with van der Waals surface area (Å²) in [6.45, 7) is 4.56. The lowest BCUT2D eigenvalue weighted by atomic mass is 10.0.